The number of carbonyl (C=O) groups excluding carboxylic acids is 3. The van der Waals surface area contributed by atoms with Crippen LogP contribution in [0.3, 0.4) is 0 Å². The summed E-state index contributed by atoms with van der Waals surface area (Å²) in [6.07, 6.45) is 2.59. The Labute approximate surface area is 110 Å². The first kappa shape index (κ1) is 13.0. The quantitative estimate of drug-likeness (QED) is 0.611. The molecule has 4 nitrogen and oxygen atoms in total. The number of benzene rings is 1. The lowest BCUT2D eigenvalue weighted by atomic mass is 9.88. The molecule has 0 atom stereocenters. The molecule has 1 aromatic rings. The standard InChI is InChI=1S/C15H12O4/c1-2-14(17)19-8-7-10-9-13(16)11-5-3-4-6-12(11)15(10)18/h2-6,9H,1,7-8H2. The first-order valence-corrected chi connectivity index (χ1v) is 5.81. The third-order valence-electron chi connectivity index (χ3n) is 2.82. The van der Waals surface area contributed by atoms with E-state index >= 15 is 0 Å². The van der Waals surface area contributed by atoms with Gasteiger partial charge >= 0.3 is 5.97 Å². The highest BCUT2D eigenvalue weighted by Gasteiger charge is 2.24. The zero-order chi connectivity index (χ0) is 13.8. The van der Waals surface area contributed by atoms with Crippen molar-refractivity contribution < 1.29 is 19.1 Å². The molecule has 0 bridgehead atoms. The molecule has 0 saturated carbocycles. The van der Waals surface area contributed by atoms with Gasteiger partial charge in [0.1, 0.15) is 0 Å². The minimum absolute atomic E-state index is 0.0534. The van der Waals surface area contributed by atoms with E-state index in [9.17, 15) is 14.4 Å². The highest BCUT2D eigenvalue weighted by Crippen LogP contribution is 2.22. The number of esters is 1. The van der Waals surface area contributed by atoms with Crippen molar-refractivity contribution in [2.75, 3.05) is 6.61 Å². The fourth-order valence-corrected chi connectivity index (χ4v) is 1.88. The highest BCUT2D eigenvalue weighted by molar-refractivity contribution is 6.24. The molecule has 0 amide bonds. The maximum atomic E-state index is 12.1. The third kappa shape index (κ3) is 2.68. The van der Waals surface area contributed by atoms with Crippen LogP contribution in [-0.2, 0) is 9.53 Å². The van der Waals surface area contributed by atoms with Crippen LogP contribution in [0.1, 0.15) is 27.1 Å². The number of hydrogen-bond acceptors (Lipinski definition) is 4. The Morgan fingerprint density at radius 1 is 1.21 bits per heavy atom. The van der Waals surface area contributed by atoms with E-state index in [1.54, 1.807) is 24.3 Å². The van der Waals surface area contributed by atoms with Gasteiger partial charge in [0.05, 0.1) is 6.61 Å². The first-order chi connectivity index (χ1) is 9.13. The van der Waals surface area contributed by atoms with Crippen LogP contribution < -0.4 is 0 Å². The lowest BCUT2D eigenvalue weighted by Gasteiger charge is -2.14. The molecule has 0 unspecified atom stereocenters. The van der Waals surface area contributed by atoms with Gasteiger partial charge in [-0.05, 0) is 6.08 Å². The van der Waals surface area contributed by atoms with Crippen LogP contribution >= 0.6 is 0 Å². The monoisotopic (exact) mass is 256 g/mol. The second-order valence-corrected chi connectivity index (χ2v) is 4.03. The van der Waals surface area contributed by atoms with Gasteiger partial charge < -0.3 is 4.74 Å². The van der Waals surface area contributed by atoms with Crippen LogP contribution in [0.5, 0.6) is 0 Å². The largest absolute Gasteiger partial charge is 0.462 e. The fraction of sp³-hybridized carbons (Fsp3) is 0.133. The molecule has 2 rings (SSSR count). The van der Waals surface area contributed by atoms with Gasteiger partial charge in [0.25, 0.3) is 0 Å². The molecular weight excluding hydrogens is 244 g/mol. The Hall–Kier alpha value is -2.49. The molecular formula is C15H12O4. The minimum atomic E-state index is -0.546. The van der Waals surface area contributed by atoms with Crippen molar-refractivity contribution >= 4 is 17.5 Å². The van der Waals surface area contributed by atoms with E-state index in [1.165, 1.54) is 6.08 Å². The number of hydrogen-bond donors (Lipinski definition) is 0. The van der Waals surface area contributed by atoms with Crippen molar-refractivity contribution in [2.24, 2.45) is 0 Å². The number of ether oxygens (including phenoxy) is 1. The fourth-order valence-electron chi connectivity index (χ4n) is 1.88. The summed E-state index contributed by atoms with van der Waals surface area (Å²) in [6, 6.07) is 6.68. The number of fused-ring (bicyclic) bond motifs is 1. The van der Waals surface area contributed by atoms with Crippen molar-refractivity contribution in [2.45, 2.75) is 6.42 Å². The Kier molecular flexibility index (Phi) is 3.71. The summed E-state index contributed by atoms with van der Waals surface area (Å²) in [4.78, 5) is 34.9. The van der Waals surface area contributed by atoms with E-state index in [4.69, 9.17) is 4.74 Å². The molecule has 19 heavy (non-hydrogen) atoms. The third-order valence-corrected chi connectivity index (χ3v) is 2.82. The number of Topliss-reactive ketones (excluding diaryl/α,β-unsaturated/α-hetero) is 1. The van der Waals surface area contributed by atoms with Crippen LogP contribution in [0.15, 0.2) is 48.6 Å². The van der Waals surface area contributed by atoms with Crippen molar-refractivity contribution in [1.29, 1.82) is 0 Å². The van der Waals surface area contributed by atoms with Crippen LogP contribution in [0.2, 0.25) is 0 Å². The van der Waals surface area contributed by atoms with Gasteiger partial charge in [0.15, 0.2) is 11.6 Å². The summed E-state index contributed by atoms with van der Waals surface area (Å²) in [5.74, 6) is -0.930. The summed E-state index contributed by atoms with van der Waals surface area (Å²) in [5, 5.41) is 0. The normalized spacial score (nSPS) is 13.6. The van der Waals surface area contributed by atoms with Gasteiger partial charge in [-0.15, -0.1) is 0 Å². The maximum Gasteiger partial charge on any atom is 0.330 e. The predicted octanol–water partition coefficient (Wildman–Crippen LogP) is 2.11. The lowest BCUT2D eigenvalue weighted by Crippen LogP contribution is -2.18. The second-order valence-electron chi connectivity index (χ2n) is 4.03. The van der Waals surface area contributed by atoms with Crippen molar-refractivity contribution in [3.8, 4) is 0 Å². The molecule has 0 heterocycles. The number of carbonyl (C=O) groups is 3. The van der Waals surface area contributed by atoms with E-state index in [1.807, 2.05) is 0 Å². The average Bonchev–Trinajstić information content (AvgIpc) is 2.44. The van der Waals surface area contributed by atoms with Crippen LogP contribution in [0.4, 0.5) is 0 Å². The Morgan fingerprint density at radius 3 is 2.58 bits per heavy atom. The van der Waals surface area contributed by atoms with Crippen LogP contribution in [0.25, 0.3) is 0 Å². The second kappa shape index (κ2) is 5.44. The van der Waals surface area contributed by atoms with Crippen LogP contribution in [-0.4, -0.2) is 24.1 Å². The molecule has 1 aliphatic rings. The van der Waals surface area contributed by atoms with E-state index in [0.717, 1.165) is 6.08 Å². The van der Waals surface area contributed by atoms with Crippen molar-refractivity contribution in [3.63, 3.8) is 0 Å². The maximum absolute atomic E-state index is 12.1. The summed E-state index contributed by atoms with van der Waals surface area (Å²) < 4.78 is 4.80. The van der Waals surface area contributed by atoms with Crippen LogP contribution in [0, 0.1) is 0 Å². The average molecular weight is 256 g/mol. The molecule has 0 N–H and O–H groups in total. The van der Waals surface area contributed by atoms with Gasteiger partial charge in [-0.1, -0.05) is 30.8 Å². The smallest absolute Gasteiger partial charge is 0.330 e. The van der Waals surface area contributed by atoms with E-state index in [-0.39, 0.29) is 24.6 Å². The predicted molar refractivity (Wildman–Crippen MR) is 69.0 cm³/mol. The summed E-state index contributed by atoms with van der Waals surface area (Å²) >= 11 is 0. The van der Waals surface area contributed by atoms with E-state index < -0.39 is 5.97 Å². The number of rotatable bonds is 4. The number of allylic oxidation sites excluding steroid dienone is 1. The molecule has 0 spiro atoms. The molecule has 0 aromatic heterocycles. The Bertz CT molecular complexity index is 596. The summed E-state index contributed by atoms with van der Waals surface area (Å²) in [5.41, 5.74) is 1.18. The molecule has 0 aliphatic heterocycles. The molecule has 4 heteroatoms. The van der Waals surface area contributed by atoms with E-state index in [2.05, 4.69) is 6.58 Å². The number of ketones is 2. The lowest BCUT2D eigenvalue weighted by molar-refractivity contribution is -0.137. The van der Waals surface area contributed by atoms with E-state index in [0.29, 0.717) is 16.7 Å². The minimum Gasteiger partial charge on any atom is -0.462 e. The van der Waals surface area contributed by atoms with Crippen molar-refractivity contribution in [1.82, 2.24) is 0 Å². The zero-order valence-corrected chi connectivity index (χ0v) is 10.2. The van der Waals surface area contributed by atoms with Gasteiger partial charge in [-0.3, -0.25) is 9.59 Å². The van der Waals surface area contributed by atoms with Crippen molar-refractivity contribution in [3.05, 3.63) is 59.7 Å². The topological polar surface area (TPSA) is 60.4 Å². The van der Waals surface area contributed by atoms with Gasteiger partial charge in [0.2, 0.25) is 0 Å². The SMILES string of the molecule is C=CC(=O)OCCC1=CC(=O)c2ccccc2C1=O. The summed E-state index contributed by atoms with van der Waals surface area (Å²) in [6.45, 7) is 3.33. The Morgan fingerprint density at radius 2 is 1.89 bits per heavy atom. The van der Waals surface area contributed by atoms with Gasteiger partial charge in [-0.25, -0.2) is 4.79 Å². The molecule has 1 aromatic carbocycles. The summed E-state index contributed by atoms with van der Waals surface area (Å²) in [7, 11) is 0. The molecule has 1 aliphatic carbocycles. The Balaban J connectivity index is 2.12. The first-order valence-electron chi connectivity index (χ1n) is 5.81. The molecule has 96 valence electrons. The van der Waals surface area contributed by atoms with Gasteiger partial charge in [-0.2, -0.15) is 0 Å². The molecule has 0 fully saturated rings. The van der Waals surface area contributed by atoms with Gasteiger partial charge in [0, 0.05) is 29.2 Å². The molecule has 0 radical (unpaired) electrons. The molecule has 0 saturated heterocycles. The zero-order valence-electron chi connectivity index (χ0n) is 10.2. The highest BCUT2D eigenvalue weighted by atomic mass is 16.5.